The molecule has 1 saturated heterocycles. The molecule has 0 aromatic heterocycles. The van der Waals surface area contributed by atoms with Gasteiger partial charge in [-0.05, 0) is 27.7 Å². The van der Waals surface area contributed by atoms with Crippen LogP contribution in [0.3, 0.4) is 0 Å². The van der Waals surface area contributed by atoms with E-state index in [1.54, 1.807) is 32.5 Å². The van der Waals surface area contributed by atoms with Gasteiger partial charge in [-0.3, -0.25) is 4.90 Å². The van der Waals surface area contributed by atoms with E-state index in [1.807, 2.05) is 6.92 Å². The third-order valence-electron chi connectivity index (χ3n) is 2.33. The topological polar surface area (TPSA) is 66.8 Å². The number of aliphatic carboxylic acids is 1. The molecule has 1 N–H and O–H groups in total. The summed E-state index contributed by atoms with van der Waals surface area (Å²) < 4.78 is 5.24. The van der Waals surface area contributed by atoms with E-state index in [-0.39, 0.29) is 6.04 Å². The molecule has 2 unspecified atom stereocenters. The fourth-order valence-corrected chi connectivity index (χ4v) is 2.79. The Hall–Kier alpha value is -0.910. The lowest BCUT2D eigenvalue weighted by atomic mass is 10.2. The SMILES string of the molecule is CC1CSCC(C(=O)O)N1C(=O)OC(C)(C)C. The maximum absolute atomic E-state index is 12.0. The van der Waals surface area contributed by atoms with Gasteiger partial charge in [0.1, 0.15) is 11.6 Å². The van der Waals surface area contributed by atoms with Crippen LogP contribution < -0.4 is 0 Å². The Morgan fingerprint density at radius 3 is 2.41 bits per heavy atom. The summed E-state index contributed by atoms with van der Waals surface area (Å²) in [5, 5.41) is 9.11. The van der Waals surface area contributed by atoms with Gasteiger partial charge in [0, 0.05) is 17.5 Å². The van der Waals surface area contributed by atoms with Gasteiger partial charge < -0.3 is 9.84 Å². The molecule has 1 rings (SSSR count). The maximum atomic E-state index is 12.0. The predicted octanol–water partition coefficient (Wildman–Crippen LogP) is 1.81. The average Bonchev–Trinajstić information content (AvgIpc) is 2.13. The van der Waals surface area contributed by atoms with Gasteiger partial charge in [0.15, 0.2) is 0 Å². The zero-order chi connectivity index (χ0) is 13.2. The third kappa shape index (κ3) is 3.80. The van der Waals surface area contributed by atoms with E-state index in [2.05, 4.69) is 0 Å². The Morgan fingerprint density at radius 1 is 1.35 bits per heavy atom. The van der Waals surface area contributed by atoms with Gasteiger partial charge in [-0.1, -0.05) is 0 Å². The van der Waals surface area contributed by atoms with E-state index in [1.165, 1.54) is 4.90 Å². The molecule has 0 bridgehead atoms. The minimum absolute atomic E-state index is 0.121. The first-order valence-electron chi connectivity index (χ1n) is 5.54. The second-order valence-electron chi connectivity index (χ2n) is 5.13. The molecule has 0 aromatic carbocycles. The van der Waals surface area contributed by atoms with Gasteiger partial charge in [0.2, 0.25) is 0 Å². The number of carboxylic acids is 1. The van der Waals surface area contributed by atoms with Gasteiger partial charge in [0.05, 0.1) is 0 Å². The van der Waals surface area contributed by atoms with Crippen molar-refractivity contribution in [2.24, 2.45) is 0 Å². The minimum atomic E-state index is -0.977. The molecular formula is C11H19NO4S. The standard InChI is InChI=1S/C11H19NO4S/c1-7-5-17-6-8(9(13)14)12(7)10(15)16-11(2,3)4/h7-8H,5-6H2,1-4H3,(H,13,14). The van der Waals surface area contributed by atoms with Crippen LogP contribution in [0.15, 0.2) is 0 Å². The van der Waals surface area contributed by atoms with Gasteiger partial charge in [-0.25, -0.2) is 9.59 Å². The van der Waals surface area contributed by atoms with Crippen LogP contribution in [-0.2, 0) is 9.53 Å². The molecule has 2 atom stereocenters. The Kier molecular flexibility index (Phi) is 4.30. The van der Waals surface area contributed by atoms with E-state index in [4.69, 9.17) is 9.84 Å². The molecule has 1 aliphatic heterocycles. The van der Waals surface area contributed by atoms with Crippen LogP contribution in [0.5, 0.6) is 0 Å². The summed E-state index contributed by atoms with van der Waals surface area (Å²) >= 11 is 1.55. The predicted molar refractivity (Wildman–Crippen MR) is 66.3 cm³/mol. The summed E-state index contributed by atoms with van der Waals surface area (Å²) in [4.78, 5) is 24.4. The number of carbonyl (C=O) groups excluding carboxylic acids is 1. The molecular weight excluding hydrogens is 242 g/mol. The van der Waals surface area contributed by atoms with Gasteiger partial charge in [-0.2, -0.15) is 11.8 Å². The monoisotopic (exact) mass is 261 g/mol. The van der Waals surface area contributed by atoms with Crippen molar-refractivity contribution < 1.29 is 19.4 Å². The van der Waals surface area contributed by atoms with Crippen molar-refractivity contribution in [3.05, 3.63) is 0 Å². The highest BCUT2D eigenvalue weighted by Gasteiger charge is 2.38. The fraction of sp³-hybridized carbons (Fsp3) is 0.818. The molecule has 17 heavy (non-hydrogen) atoms. The number of hydrogen-bond acceptors (Lipinski definition) is 4. The van der Waals surface area contributed by atoms with E-state index in [9.17, 15) is 9.59 Å². The normalized spacial score (nSPS) is 25.5. The molecule has 0 spiro atoms. The molecule has 5 nitrogen and oxygen atoms in total. The van der Waals surface area contributed by atoms with Gasteiger partial charge in [-0.15, -0.1) is 0 Å². The van der Waals surface area contributed by atoms with Crippen LogP contribution in [0.1, 0.15) is 27.7 Å². The molecule has 98 valence electrons. The molecule has 6 heteroatoms. The molecule has 1 aliphatic rings. The minimum Gasteiger partial charge on any atom is -0.480 e. The Balaban J connectivity index is 2.82. The van der Waals surface area contributed by atoms with Crippen molar-refractivity contribution >= 4 is 23.8 Å². The number of carbonyl (C=O) groups is 2. The first-order valence-corrected chi connectivity index (χ1v) is 6.69. The highest BCUT2D eigenvalue weighted by molar-refractivity contribution is 7.99. The van der Waals surface area contributed by atoms with E-state index >= 15 is 0 Å². The van der Waals surface area contributed by atoms with E-state index in [0.29, 0.717) is 5.75 Å². The summed E-state index contributed by atoms with van der Waals surface area (Å²) in [6, 6.07) is -0.914. The van der Waals surface area contributed by atoms with Crippen LogP contribution in [0.4, 0.5) is 4.79 Å². The number of amides is 1. The number of ether oxygens (including phenoxy) is 1. The van der Waals surface area contributed by atoms with Gasteiger partial charge >= 0.3 is 12.1 Å². The summed E-state index contributed by atoms with van der Waals surface area (Å²) in [5.74, 6) is 0.178. The quantitative estimate of drug-likeness (QED) is 0.779. The number of hydrogen-bond donors (Lipinski definition) is 1. The number of nitrogens with zero attached hydrogens (tertiary/aromatic N) is 1. The Labute approximate surface area is 105 Å². The summed E-state index contributed by atoms with van der Waals surface area (Å²) in [5.41, 5.74) is -0.607. The van der Waals surface area contributed by atoms with Crippen molar-refractivity contribution in [1.29, 1.82) is 0 Å². The number of rotatable bonds is 1. The first-order chi connectivity index (χ1) is 7.72. The summed E-state index contributed by atoms with van der Waals surface area (Å²) in [6.45, 7) is 7.14. The zero-order valence-electron chi connectivity index (χ0n) is 10.6. The second kappa shape index (κ2) is 5.16. The van der Waals surface area contributed by atoms with Crippen molar-refractivity contribution in [1.82, 2.24) is 4.90 Å². The molecule has 0 aliphatic carbocycles. The zero-order valence-corrected chi connectivity index (χ0v) is 11.4. The summed E-state index contributed by atoms with van der Waals surface area (Å²) in [6.07, 6.45) is -0.544. The highest BCUT2D eigenvalue weighted by atomic mass is 32.2. The molecule has 1 heterocycles. The van der Waals surface area contributed by atoms with Crippen LogP contribution in [0.25, 0.3) is 0 Å². The van der Waals surface area contributed by atoms with Crippen LogP contribution in [0, 0.1) is 0 Å². The van der Waals surface area contributed by atoms with Gasteiger partial charge in [0.25, 0.3) is 0 Å². The largest absolute Gasteiger partial charge is 0.480 e. The molecule has 1 fully saturated rings. The lowest BCUT2D eigenvalue weighted by Gasteiger charge is -2.38. The Morgan fingerprint density at radius 2 is 1.94 bits per heavy atom. The molecule has 1 amide bonds. The van der Waals surface area contributed by atoms with Crippen molar-refractivity contribution in [3.8, 4) is 0 Å². The van der Waals surface area contributed by atoms with E-state index in [0.717, 1.165) is 5.75 Å². The molecule has 0 saturated carbocycles. The second-order valence-corrected chi connectivity index (χ2v) is 6.20. The highest BCUT2D eigenvalue weighted by Crippen LogP contribution is 2.24. The maximum Gasteiger partial charge on any atom is 0.411 e. The van der Waals surface area contributed by atoms with Crippen LogP contribution in [0.2, 0.25) is 0 Å². The van der Waals surface area contributed by atoms with E-state index < -0.39 is 23.7 Å². The lowest BCUT2D eigenvalue weighted by molar-refractivity contribution is -0.143. The smallest absolute Gasteiger partial charge is 0.411 e. The van der Waals surface area contributed by atoms with Crippen molar-refractivity contribution in [2.75, 3.05) is 11.5 Å². The fourth-order valence-electron chi connectivity index (χ4n) is 1.63. The lowest BCUT2D eigenvalue weighted by Crippen LogP contribution is -2.55. The number of carboxylic acid groups (broad SMARTS) is 1. The van der Waals surface area contributed by atoms with Crippen molar-refractivity contribution in [2.45, 2.75) is 45.4 Å². The van der Waals surface area contributed by atoms with Crippen molar-refractivity contribution in [3.63, 3.8) is 0 Å². The Bertz CT molecular complexity index is 313. The first kappa shape index (κ1) is 14.2. The third-order valence-corrected chi connectivity index (χ3v) is 3.60. The average molecular weight is 261 g/mol. The van der Waals surface area contributed by atoms with Crippen LogP contribution in [-0.4, -0.2) is 51.3 Å². The molecule has 0 aromatic rings. The number of thioether (sulfide) groups is 1. The van der Waals surface area contributed by atoms with Crippen LogP contribution >= 0.6 is 11.8 Å². The summed E-state index contributed by atoms with van der Waals surface area (Å²) in [7, 11) is 0. The molecule has 0 radical (unpaired) electrons.